The smallest absolute Gasteiger partial charge is 0.418 e. The summed E-state index contributed by atoms with van der Waals surface area (Å²) in [5.74, 6) is -0.0647. The van der Waals surface area contributed by atoms with Crippen LogP contribution in [-0.4, -0.2) is 35.5 Å². The summed E-state index contributed by atoms with van der Waals surface area (Å²) in [5.41, 5.74) is -0.771. The Morgan fingerprint density at radius 3 is 2.58 bits per heavy atom. The molecular formula is C22H18F3N3O3. The Balaban J connectivity index is 1.68. The van der Waals surface area contributed by atoms with Crippen molar-refractivity contribution in [2.75, 3.05) is 18.6 Å². The molecule has 1 saturated heterocycles. The van der Waals surface area contributed by atoms with E-state index in [9.17, 15) is 22.8 Å². The number of anilines is 1. The van der Waals surface area contributed by atoms with Gasteiger partial charge in [0.1, 0.15) is 5.75 Å². The van der Waals surface area contributed by atoms with Crippen LogP contribution in [-0.2, 0) is 22.9 Å². The van der Waals surface area contributed by atoms with E-state index in [2.05, 4.69) is 4.98 Å². The van der Waals surface area contributed by atoms with Crippen molar-refractivity contribution in [2.45, 2.75) is 25.1 Å². The number of nitrogens with zero attached hydrogens (tertiary/aromatic N) is 2. The number of H-pyrrole nitrogens is 1. The van der Waals surface area contributed by atoms with E-state index in [0.717, 1.165) is 28.6 Å². The van der Waals surface area contributed by atoms with Gasteiger partial charge in [0.05, 0.1) is 24.1 Å². The van der Waals surface area contributed by atoms with E-state index in [-0.39, 0.29) is 6.54 Å². The van der Waals surface area contributed by atoms with E-state index in [1.54, 1.807) is 20.1 Å². The third-order valence-electron chi connectivity index (χ3n) is 6.22. The molecule has 0 radical (unpaired) electrons. The third kappa shape index (κ3) is 2.52. The van der Waals surface area contributed by atoms with Gasteiger partial charge in [-0.1, -0.05) is 12.1 Å². The summed E-state index contributed by atoms with van der Waals surface area (Å²) in [7, 11) is 1.55. The van der Waals surface area contributed by atoms with Crippen molar-refractivity contribution < 1.29 is 27.5 Å². The third-order valence-corrected chi connectivity index (χ3v) is 6.22. The van der Waals surface area contributed by atoms with Gasteiger partial charge in [0.2, 0.25) is 0 Å². The molecule has 160 valence electrons. The zero-order valence-corrected chi connectivity index (χ0v) is 16.7. The lowest BCUT2D eigenvalue weighted by atomic mass is 9.87. The highest BCUT2D eigenvalue weighted by atomic mass is 19.4. The Bertz CT molecular complexity index is 1250. The van der Waals surface area contributed by atoms with Crippen molar-refractivity contribution in [3.8, 4) is 5.75 Å². The second-order valence-electron chi connectivity index (χ2n) is 7.80. The molecule has 9 heteroatoms. The maximum Gasteiger partial charge on any atom is 0.418 e. The van der Waals surface area contributed by atoms with Crippen molar-refractivity contribution in [1.29, 1.82) is 0 Å². The van der Waals surface area contributed by atoms with Crippen molar-refractivity contribution >= 4 is 28.5 Å². The number of hydrogen-bond donors (Lipinski definition) is 1. The molecule has 1 fully saturated rings. The molecule has 1 aromatic heterocycles. The second kappa shape index (κ2) is 6.26. The van der Waals surface area contributed by atoms with Crippen LogP contribution in [0.3, 0.4) is 0 Å². The molecule has 0 aliphatic carbocycles. The van der Waals surface area contributed by atoms with E-state index < -0.39 is 34.9 Å². The molecule has 1 unspecified atom stereocenters. The topological polar surface area (TPSA) is 65.6 Å². The zero-order chi connectivity index (χ0) is 22.1. The number of para-hydroxylation sites is 1. The standard InChI is InChI=1S/C22H18F3N3O3/c1-21-18-13(14-11-12(31-2)7-8-16(14)26-18)9-10-27(21)20(30)28(19(21)29)17-6-4-3-5-15(17)22(23,24)25/h3-8,11,26H,9-10H2,1-2H3. The lowest BCUT2D eigenvalue weighted by molar-refractivity contribution is -0.137. The molecule has 3 heterocycles. The van der Waals surface area contributed by atoms with Crippen molar-refractivity contribution in [1.82, 2.24) is 9.88 Å². The second-order valence-corrected chi connectivity index (χ2v) is 7.80. The predicted octanol–water partition coefficient (Wildman–Crippen LogP) is 4.44. The van der Waals surface area contributed by atoms with Crippen LogP contribution in [0.1, 0.15) is 23.7 Å². The Hall–Kier alpha value is -3.49. The van der Waals surface area contributed by atoms with E-state index in [4.69, 9.17) is 4.74 Å². The number of alkyl halides is 3. The van der Waals surface area contributed by atoms with E-state index in [1.165, 1.54) is 17.0 Å². The first-order chi connectivity index (χ1) is 14.7. The number of benzene rings is 2. The van der Waals surface area contributed by atoms with Crippen LogP contribution >= 0.6 is 0 Å². The molecule has 0 bridgehead atoms. The molecule has 6 nitrogen and oxygen atoms in total. The Morgan fingerprint density at radius 2 is 1.87 bits per heavy atom. The number of amides is 3. The number of hydrogen-bond acceptors (Lipinski definition) is 3. The number of methoxy groups -OCH3 is 1. The van der Waals surface area contributed by atoms with Gasteiger partial charge in [0, 0.05) is 17.4 Å². The number of aromatic amines is 1. The molecule has 3 aromatic rings. The first-order valence-electron chi connectivity index (χ1n) is 9.69. The lowest BCUT2D eigenvalue weighted by Gasteiger charge is -2.35. The van der Waals surface area contributed by atoms with Crippen LogP contribution in [0.2, 0.25) is 0 Å². The van der Waals surface area contributed by atoms with Crippen LogP contribution < -0.4 is 9.64 Å². The SMILES string of the molecule is COc1ccc2[nH]c3c(c2c1)CCN1C(=O)N(c2ccccc2C(F)(F)F)C(=O)C31C. The van der Waals surface area contributed by atoms with Gasteiger partial charge in [-0.3, -0.25) is 4.79 Å². The van der Waals surface area contributed by atoms with E-state index in [1.807, 2.05) is 12.1 Å². The van der Waals surface area contributed by atoms with Crippen molar-refractivity contribution in [3.05, 3.63) is 59.3 Å². The molecule has 0 saturated carbocycles. The average molecular weight is 429 g/mol. The number of aromatic nitrogens is 1. The highest BCUT2D eigenvalue weighted by Crippen LogP contribution is 2.47. The first kappa shape index (κ1) is 19.5. The summed E-state index contributed by atoms with van der Waals surface area (Å²) in [6.07, 6.45) is -4.24. The fourth-order valence-corrected chi connectivity index (χ4v) is 4.67. The molecule has 3 amide bonds. The largest absolute Gasteiger partial charge is 0.497 e. The number of nitrogens with one attached hydrogen (secondary N) is 1. The Kier molecular flexibility index (Phi) is 3.93. The van der Waals surface area contributed by atoms with Crippen LogP contribution in [0.15, 0.2) is 42.5 Å². The fraction of sp³-hybridized carbons (Fsp3) is 0.273. The van der Waals surface area contributed by atoms with Gasteiger partial charge in [0.25, 0.3) is 5.91 Å². The lowest BCUT2D eigenvalue weighted by Crippen LogP contribution is -2.49. The number of ether oxygens (including phenoxy) is 1. The van der Waals surface area contributed by atoms with Crippen LogP contribution in [0.4, 0.5) is 23.7 Å². The maximum absolute atomic E-state index is 13.6. The maximum atomic E-state index is 13.6. The number of carbonyl (C=O) groups is 2. The summed E-state index contributed by atoms with van der Waals surface area (Å²) < 4.78 is 46.1. The van der Waals surface area contributed by atoms with Gasteiger partial charge in [0.15, 0.2) is 5.54 Å². The molecule has 2 aliphatic rings. The molecule has 2 aromatic carbocycles. The molecule has 5 rings (SSSR count). The van der Waals surface area contributed by atoms with E-state index >= 15 is 0 Å². The summed E-state index contributed by atoms with van der Waals surface area (Å²) >= 11 is 0. The fourth-order valence-electron chi connectivity index (χ4n) is 4.67. The van der Waals surface area contributed by atoms with Crippen LogP contribution in [0.25, 0.3) is 10.9 Å². The quantitative estimate of drug-likeness (QED) is 0.613. The minimum atomic E-state index is -4.70. The number of carbonyl (C=O) groups excluding carboxylic acids is 2. The number of rotatable bonds is 2. The number of imide groups is 1. The van der Waals surface area contributed by atoms with Crippen molar-refractivity contribution in [2.24, 2.45) is 0 Å². The predicted molar refractivity (Wildman–Crippen MR) is 107 cm³/mol. The molecule has 0 spiro atoms. The summed E-state index contributed by atoms with van der Waals surface area (Å²) in [6.45, 7) is 1.79. The molecule has 1 atom stereocenters. The van der Waals surface area contributed by atoms with Crippen LogP contribution in [0.5, 0.6) is 5.75 Å². The molecular weight excluding hydrogens is 411 g/mol. The van der Waals surface area contributed by atoms with Crippen LogP contribution in [0, 0.1) is 0 Å². The molecule has 31 heavy (non-hydrogen) atoms. The van der Waals surface area contributed by atoms with Gasteiger partial charge < -0.3 is 14.6 Å². The summed E-state index contributed by atoms with van der Waals surface area (Å²) in [4.78, 5) is 32.0. The van der Waals surface area contributed by atoms with Gasteiger partial charge in [-0.15, -0.1) is 0 Å². The van der Waals surface area contributed by atoms with Crippen molar-refractivity contribution in [3.63, 3.8) is 0 Å². The normalized spacial score (nSPS) is 20.9. The minimum absolute atomic E-state index is 0.211. The van der Waals surface area contributed by atoms with E-state index in [0.29, 0.717) is 22.8 Å². The highest BCUT2D eigenvalue weighted by molar-refractivity contribution is 6.24. The van der Waals surface area contributed by atoms with Gasteiger partial charge >= 0.3 is 12.2 Å². The monoisotopic (exact) mass is 429 g/mol. The minimum Gasteiger partial charge on any atom is -0.497 e. The van der Waals surface area contributed by atoms with Gasteiger partial charge in [-0.05, 0) is 49.2 Å². The number of urea groups is 1. The summed E-state index contributed by atoms with van der Waals surface area (Å²) in [5, 5.41) is 0.865. The zero-order valence-electron chi connectivity index (χ0n) is 16.7. The molecule has 2 aliphatic heterocycles. The Labute approximate surface area is 175 Å². The molecule has 1 N–H and O–H groups in total. The van der Waals surface area contributed by atoms with Gasteiger partial charge in [-0.2, -0.15) is 13.2 Å². The average Bonchev–Trinajstić information content (AvgIpc) is 3.21. The number of fused-ring (bicyclic) bond motifs is 5. The first-order valence-corrected chi connectivity index (χ1v) is 9.69. The number of halogens is 3. The summed E-state index contributed by atoms with van der Waals surface area (Å²) in [6, 6.07) is 9.32. The highest BCUT2D eigenvalue weighted by Gasteiger charge is 2.59. The Morgan fingerprint density at radius 1 is 1.13 bits per heavy atom. The van der Waals surface area contributed by atoms with Gasteiger partial charge in [-0.25, -0.2) is 9.69 Å².